The Bertz CT molecular complexity index is 1340. The van der Waals surface area contributed by atoms with Gasteiger partial charge in [-0.15, -0.1) is 0 Å². The third-order valence-electron chi connectivity index (χ3n) is 5.38. The zero-order chi connectivity index (χ0) is 23.7. The fourth-order valence-electron chi connectivity index (χ4n) is 3.52. The van der Waals surface area contributed by atoms with Gasteiger partial charge in [0.2, 0.25) is 18.6 Å². The van der Waals surface area contributed by atoms with Crippen LogP contribution >= 0.6 is 0 Å². The van der Waals surface area contributed by atoms with Crippen molar-refractivity contribution < 1.29 is 27.5 Å². The maximum absolute atomic E-state index is 12.6. The highest BCUT2D eigenvalue weighted by molar-refractivity contribution is 7.92. The summed E-state index contributed by atoms with van der Waals surface area (Å²) in [5.74, 6) is 0.286. The van der Waals surface area contributed by atoms with Crippen molar-refractivity contribution in [3.63, 3.8) is 0 Å². The minimum Gasteiger partial charge on any atom is -0.454 e. The van der Waals surface area contributed by atoms with Gasteiger partial charge in [-0.1, -0.05) is 0 Å². The summed E-state index contributed by atoms with van der Waals surface area (Å²) in [6.07, 6.45) is 2.85. The maximum atomic E-state index is 12.6. The summed E-state index contributed by atoms with van der Waals surface area (Å²) in [4.78, 5) is 34.4. The van der Waals surface area contributed by atoms with Crippen molar-refractivity contribution >= 4 is 33.5 Å². The lowest BCUT2D eigenvalue weighted by Gasteiger charge is -2.38. The number of benzene rings is 2. The summed E-state index contributed by atoms with van der Waals surface area (Å²) in [7, 11) is -3.86. The summed E-state index contributed by atoms with van der Waals surface area (Å²) in [5, 5.41) is 2.75. The second-order valence-corrected chi connectivity index (χ2v) is 9.35. The Balaban J connectivity index is 1.15. The average Bonchev–Trinajstić information content (AvgIpc) is 3.27. The van der Waals surface area contributed by atoms with Crippen LogP contribution in [0.5, 0.6) is 11.5 Å². The zero-order valence-corrected chi connectivity index (χ0v) is 18.5. The van der Waals surface area contributed by atoms with E-state index in [4.69, 9.17) is 9.47 Å². The van der Waals surface area contributed by atoms with Gasteiger partial charge in [0.15, 0.2) is 11.5 Å². The molecule has 5 rings (SSSR count). The molecule has 1 fully saturated rings. The summed E-state index contributed by atoms with van der Waals surface area (Å²) in [5.41, 5.74) is 0.912. The SMILES string of the molecule is O=C(Nc1ccc(S(=O)(=O)Nc2ncccn2)cc1)C1CN(C(=O)c2ccc3c(c2)OCO3)C1. The molecule has 1 saturated heterocycles. The molecule has 12 heteroatoms. The van der Waals surface area contributed by atoms with Crippen LogP contribution in [0, 0.1) is 5.92 Å². The third-order valence-corrected chi connectivity index (χ3v) is 6.73. The summed E-state index contributed by atoms with van der Waals surface area (Å²) < 4.78 is 37.7. The number of anilines is 2. The van der Waals surface area contributed by atoms with E-state index in [-0.39, 0.29) is 48.5 Å². The van der Waals surface area contributed by atoms with Gasteiger partial charge in [-0.25, -0.2) is 23.1 Å². The number of rotatable bonds is 6. The molecule has 2 N–H and O–H groups in total. The molecule has 2 amide bonds. The van der Waals surface area contributed by atoms with Gasteiger partial charge < -0.3 is 19.7 Å². The molecular formula is C22H19N5O6S. The second-order valence-electron chi connectivity index (χ2n) is 7.67. The first kappa shape index (κ1) is 21.6. The molecule has 0 radical (unpaired) electrons. The molecule has 3 aromatic rings. The number of fused-ring (bicyclic) bond motifs is 1. The van der Waals surface area contributed by atoms with Gasteiger partial charge in [0.05, 0.1) is 10.8 Å². The largest absolute Gasteiger partial charge is 0.454 e. The number of ether oxygens (including phenoxy) is 2. The molecule has 0 bridgehead atoms. The smallest absolute Gasteiger partial charge is 0.264 e. The summed E-state index contributed by atoms with van der Waals surface area (Å²) >= 11 is 0. The van der Waals surface area contributed by atoms with Gasteiger partial charge >= 0.3 is 0 Å². The quantitative estimate of drug-likeness (QED) is 0.542. The topological polar surface area (TPSA) is 140 Å². The van der Waals surface area contributed by atoms with E-state index in [2.05, 4.69) is 20.0 Å². The predicted octanol–water partition coefficient (Wildman–Crippen LogP) is 1.72. The van der Waals surface area contributed by atoms with Gasteiger partial charge in [-0.3, -0.25) is 9.59 Å². The predicted molar refractivity (Wildman–Crippen MR) is 120 cm³/mol. The standard InChI is InChI=1S/C22H19N5O6S/c28-20(15-11-27(12-15)21(29)14-2-7-18-19(10-14)33-13-32-18)25-16-3-5-17(6-4-16)34(30,31)26-22-23-8-1-9-24-22/h1-10,15H,11-13H2,(H,25,28)(H,23,24,26). The molecular weight excluding hydrogens is 462 g/mol. The molecule has 2 aliphatic rings. The molecule has 3 heterocycles. The summed E-state index contributed by atoms with van der Waals surface area (Å²) in [6, 6.07) is 12.3. The van der Waals surface area contributed by atoms with E-state index in [0.29, 0.717) is 22.7 Å². The molecule has 174 valence electrons. The van der Waals surface area contributed by atoms with Gasteiger partial charge in [-0.05, 0) is 48.5 Å². The van der Waals surface area contributed by atoms with Crippen LogP contribution < -0.4 is 19.5 Å². The van der Waals surface area contributed by atoms with Gasteiger partial charge in [-0.2, -0.15) is 0 Å². The van der Waals surface area contributed by atoms with Crippen molar-refractivity contribution in [1.29, 1.82) is 0 Å². The first-order valence-corrected chi connectivity index (χ1v) is 11.8. The molecule has 34 heavy (non-hydrogen) atoms. The number of nitrogens with one attached hydrogen (secondary N) is 2. The first-order valence-electron chi connectivity index (χ1n) is 10.3. The second kappa shape index (κ2) is 8.63. The van der Waals surface area contributed by atoms with Crippen molar-refractivity contribution in [3.05, 3.63) is 66.5 Å². The van der Waals surface area contributed by atoms with E-state index in [1.54, 1.807) is 29.2 Å². The minimum atomic E-state index is -3.86. The molecule has 0 spiro atoms. The van der Waals surface area contributed by atoms with Crippen LogP contribution in [0.4, 0.5) is 11.6 Å². The lowest BCUT2D eigenvalue weighted by atomic mass is 9.97. The summed E-state index contributed by atoms with van der Waals surface area (Å²) in [6.45, 7) is 0.697. The fourth-order valence-corrected chi connectivity index (χ4v) is 4.47. The first-order chi connectivity index (χ1) is 16.4. The molecule has 0 unspecified atom stereocenters. The number of likely N-dealkylation sites (tertiary alicyclic amines) is 1. The van der Waals surface area contributed by atoms with Crippen LogP contribution in [0.1, 0.15) is 10.4 Å². The molecule has 0 aliphatic carbocycles. The number of aromatic nitrogens is 2. The molecule has 1 aromatic heterocycles. The van der Waals surface area contributed by atoms with Crippen LogP contribution in [0.3, 0.4) is 0 Å². The van der Waals surface area contributed by atoms with E-state index in [9.17, 15) is 18.0 Å². The maximum Gasteiger partial charge on any atom is 0.264 e. The fraction of sp³-hybridized carbons (Fsp3) is 0.182. The number of hydrogen-bond acceptors (Lipinski definition) is 8. The monoisotopic (exact) mass is 481 g/mol. The van der Waals surface area contributed by atoms with Crippen molar-refractivity contribution in [2.75, 3.05) is 29.9 Å². The Morgan fingerprint density at radius 3 is 2.41 bits per heavy atom. The Morgan fingerprint density at radius 1 is 0.971 bits per heavy atom. The number of carbonyl (C=O) groups is 2. The molecule has 2 aromatic carbocycles. The number of carbonyl (C=O) groups excluding carboxylic acids is 2. The lowest BCUT2D eigenvalue weighted by molar-refractivity contribution is -0.123. The van der Waals surface area contributed by atoms with Gasteiger partial charge in [0.25, 0.3) is 15.9 Å². The lowest BCUT2D eigenvalue weighted by Crippen LogP contribution is -2.54. The molecule has 11 nitrogen and oxygen atoms in total. The van der Waals surface area contributed by atoms with E-state index >= 15 is 0 Å². The molecule has 0 atom stereocenters. The van der Waals surface area contributed by atoms with Crippen molar-refractivity contribution in [2.45, 2.75) is 4.90 Å². The highest BCUT2D eigenvalue weighted by Crippen LogP contribution is 2.33. The van der Waals surface area contributed by atoms with E-state index < -0.39 is 10.0 Å². The molecule has 2 aliphatic heterocycles. The normalized spacial score (nSPS) is 14.9. The number of sulfonamides is 1. The van der Waals surface area contributed by atoms with E-state index in [1.807, 2.05) is 0 Å². The average molecular weight is 481 g/mol. The molecule has 0 saturated carbocycles. The van der Waals surface area contributed by atoms with Crippen LogP contribution in [0.2, 0.25) is 0 Å². The van der Waals surface area contributed by atoms with Crippen LogP contribution in [0.15, 0.2) is 65.8 Å². The van der Waals surface area contributed by atoms with Crippen molar-refractivity contribution in [3.8, 4) is 11.5 Å². The van der Waals surface area contributed by atoms with Crippen LogP contribution in [-0.4, -0.2) is 55.0 Å². The highest BCUT2D eigenvalue weighted by Gasteiger charge is 2.36. The van der Waals surface area contributed by atoms with Crippen molar-refractivity contribution in [1.82, 2.24) is 14.9 Å². The van der Waals surface area contributed by atoms with Crippen LogP contribution in [0.25, 0.3) is 0 Å². The zero-order valence-electron chi connectivity index (χ0n) is 17.7. The number of hydrogen-bond donors (Lipinski definition) is 2. The van der Waals surface area contributed by atoms with Gasteiger partial charge in [0.1, 0.15) is 0 Å². The third kappa shape index (κ3) is 4.35. The van der Waals surface area contributed by atoms with Gasteiger partial charge in [0, 0.05) is 36.7 Å². The Hall–Kier alpha value is -4.19. The van der Waals surface area contributed by atoms with E-state index in [1.165, 1.54) is 36.7 Å². The Morgan fingerprint density at radius 2 is 1.68 bits per heavy atom. The Kier molecular flexibility index (Phi) is 5.49. The van der Waals surface area contributed by atoms with E-state index in [0.717, 1.165) is 0 Å². The highest BCUT2D eigenvalue weighted by atomic mass is 32.2. The van der Waals surface area contributed by atoms with Crippen molar-refractivity contribution in [2.24, 2.45) is 5.92 Å². The Labute approximate surface area is 194 Å². The minimum absolute atomic E-state index is 0.00194. The number of amides is 2. The number of nitrogens with zero attached hydrogens (tertiary/aromatic N) is 3. The van der Waals surface area contributed by atoms with Crippen LogP contribution in [-0.2, 0) is 14.8 Å².